The van der Waals surface area contributed by atoms with Gasteiger partial charge >= 0.3 is 33.3 Å². The Morgan fingerprint density at radius 1 is 0.971 bits per heavy atom. The first kappa shape index (κ1) is 27.5. The normalized spacial score (nSPS) is 31.3. The van der Waals surface area contributed by atoms with E-state index < -0.39 is 67.8 Å². The minimum Gasteiger partial charge on any atom is -0.462 e. The van der Waals surface area contributed by atoms with E-state index in [9.17, 15) is 43.6 Å². The van der Waals surface area contributed by atoms with Crippen LogP contribution in [0.3, 0.4) is 0 Å². The van der Waals surface area contributed by atoms with Gasteiger partial charge in [-0.2, -0.15) is 38.8 Å². The van der Waals surface area contributed by atoms with Crippen molar-refractivity contribution in [2.75, 3.05) is 13.2 Å². The third kappa shape index (κ3) is 4.80. The second kappa shape index (κ2) is 8.78. The number of alkyl halides is 5. The Kier molecular flexibility index (Phi) is 7.10. The van der Waals surface area contributed by atoms with Gasteiger partial charge in [0, 0.05) is 0 Å². The van der Waals surface area contributed by atoms with Crippen LogP contribution < -0.4 is 0 Å². The van der Waals surface area contributed by atoms with Crippen molar-refractivity contribution in [1.82, 2.24) is 0 Å². The molecule has 4 rings (SSSR count). The minimum absolute atomic E-state index is 0.0277. The number of carbonyl (C=O) groups excluding carboxylic acids is 1. The maximum Gasteiger partial charge on any atom is 0.456 e. The Bertz CT molecular complexity index is 974. The van der Waals surface area contributed by atoms with Gasteiger partial charge in [-0.1, -0.05) is 0 Å². The van der Waals surface area contributed by atoms with Crippen molar-refractivity contribution in [3.05, 3.63) is 0 Å². The number of halogens is 5. The van der Waals surface area contributed by atoms with Gasteiger partial charge in [0.2, 0.25) is 0 Å². The molecule has 0 aliphatic heterocycles. The van der Waals surface area contributed by atoms with Crippen LogP contribution in [0.1, 0.15) is 51.9 Å². The molecule has 1 N–H and O–H groups in total. The van der Waals surface area contributed by atoms with E-state index in [0.29, 0.717) is 0 Å². The Labute approximate surface area is 193 Å². The molecule has 1 unspecified atom stereocenters. The summed E-state index contributed by atoms with van der Waals surface area (Å²) in [4.78, 5) is 12.4. The molecule has 0 radical (unpaired) electrons. The highest BCUT2D eigenvalue weighted by Crippen LogP contribution is 2.59. The van der Waals surface area contributed by atoms with Gasteiger partial charge in [-0.15, -0.1) is 0 Å². The van der Waals surface area contributed by atoms with Crippen LogP contribution in [-0.2, 0) is 38.7 Å². The van der Waals surface area contributed by atoms with Gasteiger partial charge in [-0.05, 0) is 63.2 Å². The van der Waals surface area contributed by atoms with E-state index in [4.69, 9.17) is 4.55 Å². The number of hydrogen-bond acceptors (Lipinski definition) is 8. The predicted octanol–water partition coefficient (Wildman–Crippen LogP) is 3.01. The Morgan fingerprint density at radius 2 is 1.44 bits per heavy atom. The molecule has 4 aliphatic carbocycles. The quantitative estimate of drug-likeness (QED) is 0.145. The monoisotopic (exact) mass is 544 g/mol. The highest BCUT2D eigenvalue weighted by atomic mass is 32.2. The summed E-state index contributed by atoms with van der Waals surface area (Å²) in [6.07, 6.45) is -5.66. The molecule has 198 valence electrons. The zero-order valence-electron chi connectivity index (χ0n) is 18.0. The van der Waals surface area contributed by atoms with Crippen LogP contribution in [0.4, 0.5) is 22.0 Å². The van der Waals surface area contributed by atoms with Crippen molar-refractivity contribution in [3.63, 3.8) is 0 Å². The van der Waals surface area contributed by atoms with Crippen molar-refractivity contribution >= 4 is 26.2 Å². The summed E-state index contributed by atoms with van der Waals surface area (Å²) in [5, 5.41) is -4.93. The molecular formula is C18H25F5O9S2. The molecule has 0 aromatic heterocycles. The molecule has 4 fully saturated rings. The number of esters is 1. The smallest absolute Gasteiger partial charge is 0.456 e. The van der Waals surface area contributed by atoms with Crippen LogP contribution in [0.5, 0.6) is 0 Å². The van der Waals surface area contributed by atoms with E-state index in [1.807, 2.05) is 0 Å². The van der Waals surface area contributed by atoms with Gasteiger partial charge in [0.25, 0.3) is 10.1 Å². The lowest BCUT2D eigenvalue weighted by molar-refractivity contribution is -0.342. The van der Waals surface area contributed by atoms with E-state index in [0.717, 1.165) is 26.2 Å². The van der Waals surface area contributed by atoms with Crippen molar-refractivity contribution in [2.24, 2.45) is 17.8 Å². The molecule has 34 heavy (non-hydrogen) atoms. The minimum atomic E-state index is -6.02. The number of rotatable bonds is 10. The molecular weight excluding hydrogens is 519 g/mol. The molecule has 4 aliphatic rings. The first-order valence-electron chi connectivity index (χ1n) is 10.6. The molecule has 1 atom stereocenters. The molecule has 0 aromatic rings. The topological polar surface area (TPSA) is 133 Å². The standard InChI is InChI=1S/C18H25F5O9S2/c1-2-30-14(24)17(18(21,22)23,31-4-3-16(19,20)33(25,26)27)32-34(28,29)15-8-11-5-12(9-15)7-13(6-11)10-15/h11-13H,2-10H2,1H3,(H,25,26,27). The van der Waals surface area contributed by atoms with Gasteiger partial charge in [-0.25, -0.2) is 8.98 Å². The molecule has 0 aromatic carbocycles. The number of ether oxygens (including phenoxy) is 2. The molecule has 4 saturated carbocycles. The Hall–Kier alpha value is -1.10. The molecule has 0 saturated heterocycles. The first-order valence-corrected chi connectivity index (χ1v) is 13.4. The van der Waals surface area contributed by atoms with Crippen molar-refractivity contribution < 1.29 is 61.8 Å². The zero-order valence-corrected chi connectivity index (χ0v) is 19.6. The summed E-state index contributed by atoms with van der Waals surface area (Å²) >= 11 is 0. The largest absolute Gasteiger partial charge is 0.462 e. The van der Waals surface area contributed by atoms with Crippen molar-refractivity contribution in [3.8, 4) is 0 Å². The number of hydrogen-bond donors (Lipinski definition) is 1. The third-order valence-corrected chi connectivity index (χ3v) is 9.71. The fourth-order valence-electron chi connectivity index (χ4n) is 5.61. The van der Waals surface area contributed by atoms with E-state index in [1.54, 1.807) is 0 Å². The average molecular weight is 545 g/mol. The third-order valence-electron chi connectivity index (χ3n) is 6.73. The first-order chi connectivity index (χ1) is 15.4. The lowest BCUT2D eigenvalue weighted by atomic mass is 9.56. The van der Waals surface area contributed by atoms with Crippen LogP contribution in [-0.4, -0.2) is 62.5 Å². The molecule has 0 spiro atoms. The van der Waals surface area contributed by atoms with Crippen molar-refractivity contribution in [1.29, 1.82) is 0 Å². The average Bonchev–Trinajstić information content (AvgIpc) is 2.64. The van der Waals surface area contributed by atoms with Crippen LogP contribution in [0.2, 0.25) is 0 Å². The van der Waals surface area contributed by atoms with Crippen LogP contribution in [0.25, 0.3) is 0 Å². The van der Waals surface area contributed by atoms with Crippen LogP contribution in [0, 0.1) is 17.8 Å². The molecule has 0 heterocycles. The van der Waals surface area contributed by atoms with E-state index in [1.165, 1.54) is 0 Å². The van der Waals surface area contributed by atoms with Gasteiger partial charge in [0.1, 0.15) is 0 Å². The molecule has 4 bridgehead atoms. The molecule has 16 heteroatoms. The lowest BCUT2D eigenvalue weighted by Gasteiger charge is -2.55. The van der Waals surface area contributed by atoms with Gasteiger partial charge in [-0.3, -0.25) is 4.55 Å². The Balaban J connectivity index is 1.95. The van der Waals surface area contributed by atoms with Crippen molar-refractivity contribution in [2.45, 2.75) is 73.8 Å². The fraction of sp³-hybridized carbons (Fsp3) is 0.944. The van der Waals surface area contributed by atoms with Gasteiger partial charge < -0.3 is 9.47 Å². The summed E-state index contributed by atoms with van der Waals surface area (Å²) in [5.41, 5.74) is 0. The summed E-state index contributed by atoms with van der Waals surface area (Å²) in [6, 6.07) is 0. The highest BCUT2D eigenvalue weighted by molar-refractivity contribution is 7.88. The zero-order chi connectivity index (χ0) is 25.8. The van der Waals surface area contributed by atoms with Crippen LogP contribution in [0.15, 0.2) is 0 Å². The van der Waals surface area contributed by atoms with Gasteiger partial charge in [0.15, 0.2) is 0 Å². The Morgan fingerprint density at radius 3 is 1.82 bits per heavy atom. The van der Waals surface area contributed by atoms with E-state index in [-0.39, 0.29) is 37.0 Å². The van der Waals surface area contributed by atoms with E-state index >= 15 is 0 Å². The predicted molar refractivity (Wildman–Crippen MR) is 103 cm³/mol. The summed E-state index contributed by atoms with van der Waals surface area (Å²) in [5.74, 6) is -7.10. The fourth-order valence-corrected chi connectivity index (χ4v) is 7.97. The summed E-state index contributed by atoms with van der Waals surface area (Å²) in [6.45, 7) is -1.37. The summed E-state index contributed by atoms with van der Waals surface area (Å²) in [7, 11) is -11.2. The molecule has 9 nitrogen and oxygen atoms in total. The maximum absolute atomic E-state index is 14.1. The molecule has 0 amide bonds. The van der Waals surface area contributed by atoms with Gasteiger partial charge in [0.05, 0.1) is 24.4 Å². The highest BCUT2D eigenvalue weighted by Gasteiger charge is 2.70. The van der Waals surface area contributed by atoms with Crippen LogP contribution >= 0.6 is 0 Å². The second-order valence-corrected chi connectivity index (χ2v) is 12.7. The SMILES string of the molecule is CCOC(=O)C(OCCC(F)(F)S(=O)(=O)O)(OS(=O)(=O)C12CC3CC(CC(C3)C1)C2)C(F)(F)F. The maximum atomic E-state index is 14.1. The lowest BCUT2D eigenvalue weighted by Crippen LogP contribution is -2.62. The number of carbonyl (C=O) groups is 1. The summed E-state index contributed by atoms with van der Waals surface area (Å²) < 4.78 is 137. The second-order valence-electron chi connectivity index (χ2n) is 9.18. The van der Waals surface area contributed by atoms with E-state index in [2.05, 4.69) is 13.7 Å².